The molecule has 2 rings (SSSR count). The van der Waals surface area contributed by atoms with Crippen LogP contribution in [0.4, 0.5) is 5.82 Å². The number of rotatable bonds is 5. The van der Waals surface area contributed by atoms with Crippen molar-refractivity contribution >= 4 is 15.7 Å². The highest BCUT2D eigenvalue weighted by Gasteiger charge is 2.24. The molecule has 0 saturated carbocycles. The molecule has 0 spiro atoms. The summed E-state index contributed by atoms with van der Waals surface area (Å²) in [6.07, 6.45) is 6.48. The van der Waals surface area contributed by atoms with Crippen molar-refractivity contribution in [2.45, 2.75) is 50.1 Å². The number of nitrogens with zero attached hydrogens (tertiary/aromatic N) is 2. The van der Waals surface area contributed by atoms with Gasteiger partial charge >= 0.3 is 0 Å². The van der Waals surface area contributed by atoms with E-state index in [1.807, 2.05) is 0 Å². The maximum atomic E-state index is 12.0. The van der Waals surface area contributed by atoms with Crippen LogP contribution in [0.3, 0.4) is 0 Å². The van der Waals surface area contributed by atoms with Crippen LogP contribution >= 0.6 is 0 Å². The number of sulfone groups is 1. The Hall–Kier alpha value is -1.14. The van der Waals surface area contributed by atoms with E-state index >= 15 is 0 Å². The topological polar surface area (TPSA) is 62.3 Å². The number of pyridine rings is 1. The Labute approximate surface area is 127 Å². The lowest BCUT2D eigenvalue weighted by Gasteiger charge is -2.34. The third-order valence-corrected chi connectivity index (χ3v) is 4.99. The summed E-state index contributed by atoms with van der Waals surface area (Å²) in [6, 6.07) is 3.91. The lowest BCUT2D eigenvalue weighted by molar-refractivity contribution is 0.392. The van der Waals surface area contributed by atoms with Crippen LogP contribution < -0.4 is 10.2 Å². The second kappa shape index (κ2) is 6.75. The minimum absolute atomic E-state index is 0.198. The first-order valence-electron chi connectivity index (χ1n) is 7.54. The summed E-state index contributed by atoms with van der Waals surface area (Å²) in [4.78, 5) is 6.76. The van der Waals surface area contributed by atoms with Crippen LogP contribution in [0.1, 0.15) is 33.1 Å². The maximum absolute atomic E-state index is 12.0. The molecule has 0 bridgehead atoms. The van der Waals surface area contributed by atoms with Gasteiger partial charge in [0.25, 0.3) is 0 Å². The molecule has 1 N–H and O–H groups in total. The predicted molar refractivity (Wildman–Crippen MR) is 85.5 cm³/mol. The Morgan fingerprint density at radius 2 is 2.19 bits per heavy atom. The minimum atomic E-state index is -3.28. The highest BCUT2D eigenvalue weighted by Crippen LogP contribution is 2.25. The maximum Gasteiger partial charge on any atom is 0.179 e. The van der Waals surface area contributed by atoms with E-state index in [0.717, 1.165) is 19.5 Å². The van der Waals surface area contributed by atoms with E-state index in [9.17, 15) is 8.42 Å². The molecule has 0 radical (unpaired) electrons. The van der Waals surface area contributed by atoms with Gasteiger partial charge in [-0.3, -0.25) is 0 Å². The van der Waals surface area contributed by atoms with E-state index in [0.29, 0.717) is 16.8 Å². The van der Waals surface area contributed by atoms with E-state index in [1.54, 1.807) is 18.3 Å². The van der Waals surface area contributed by atoms with Gasteiger partial charge in [-0.1, -0.05) is 6.42 Å². The molecule has 1 saturated heterocycles. The van der Waals surface area contributed by atoms with Crippen molar-refractivity contribution in [3.05, 3.63) is 18.3 Å². The fraction of sp³-hybridized carbons (Fsp3) is 0.667. The highest BCUT2D eigenvalue weighted by atomic mass is 32.2. The van der Waals surface area contributed by atoms with Crippen LogP contribution in [0.25, 0.3) is 0 Å². The van der Waals surface area contributed by atoms with Crippen LogP contribution in [-0.4, -0.2) is 44.8 Å². The van der Waals surface area contributed by atoms with Crippen LogP contribution in [0.15, 0.2) is 23.2 Å². The fourth-order valence-corrected chi connectivity index (χ4v) is 3.57. The molecule has 1 aliphatic rings. The van der Waals surface area contributed by atoms with Crippen molar-refractivity contribution in [2.24, 2.45) is 0 Å². The van der Waals surface area contributed by atoms with Crippen molar-refractivity contribution in [3.8, 4) is 0 Å². The second-order valence-corrected chi connectivity index (χ2v) is 7.97. The fourth-order valence-electron chi connectivity index (χ4n) is 2.75. The first-order valence-corrected chi connectivity index (χ1v) is 9.44. The van der Waals surface area contributed by atoms with Gasteiger partial charge in [0.15, 0.2) is 9.84 Å². The quantitative estimate of drug-likeness (QED) is 0.899. The zero-order valence-electron chi connectivity index (χ0n) is 13.0. The van der Waals surface area contributed by atoms with Crippen molar-refractivity contribution in [3.63, 3.8) is 0 Å². The number of aromatic nitrogens is 1. The van der Waals surface area contributed by atoms with E-state index in [4.69, 9.17) is 0 Å². The highest BCUT2D eigenvalue weighted by molar-refractivity contribution is 7.90. The Balaban J connectivity index is 2.30. The molecule has 1 aliphatic heterocycles. The van der Waals surface area contributed by atoms with Gasteiger partial charge in [0.2, 0.25) is 0 Å². The molecule has 21 heavy (non-hydrogen) atoms. The lowest BCUT2D eigenvalue weighted by Crippen LogP contribution is -2.46. The van der Waals surface area contributed by atoms with Crippen molar-refractivity contribution in [1.29, 1.82) is 0 Å². The largest absolute Gasteiger partial charge is 0.352 e. The van der Waals surface area contributed by atoms with Gasteiger partial charge in [-0.05, 0) is 45.4 Å². The van der Waals surface area contributed by atoms with E-state index in [-0.39, 0.29) is 6.04 Å². The molecular formula is C15H25N3O2S. The van der Waals surface area contributed by atoms with Gasteiger partial charge in [-0.2, -0.15) is 0 Å². The summed E-state index contributed by atoms with van der Waals surface area (Å²) in [5, 5.41) is 3.51. The Bertz CT molecular complexity index is 566. The average molecular weight is 311 g/mol. The number of hydrogen-bond acceptors (Lipinski definition) is 5. The number of piperidine rings is 1. The summed E-state index contributed by atoms with van der Waals surface area (Å²) in [5.41, 5.74) is 0. The van der Waals surface area contributed by atoms with Crippen LogP contribution in [0.5, 0.6) is 0 Å². The van der Waals surface area contributed by atoms with Gasteiger partial charge < -0.3 is 10.2 Å². The SMILES string of the molecule is CC(C)N(CC1CCCCN1)c1ncccc1S(C)(=O)=O. The standard InChI is InChI=1S/C15H25N3O2S/c1-12(2)18(11-13-7-4-5-9-16-13)15-14(21(3,19)20)8-6-10-17-15/h6,8,10,12-13,16H,4-5,7,9,11H2,1-3H3. The molecule has 0 aromatic carbocycles. The predicted octanol–water partition coefficient (Wildman–Crippen LogP) is 1.84. The van der Waals surface area contributed by atoms with Gasteiger partial charge in [0, 0.05) is 31.1 Å². The molecule has 1 atom stereocenters. The third kappa shape index (κ3) is 4.17. The lowest BCUT2D eigenvalue weighted by atomic mass is 10.0. The molecular weight excluding hydrogens is 286 g/mol. The van der Waals surface area contributed by atoms with E-state index in [2.05, 4.69) is 29.0 Å². The molecule has 0 amide bonds. The average Bonchev–Trinajstić information content (AvgIpc) is 2.45. The first kappa shape index (κ1) is 16.2. The molecule has 1 aromatic heterocycles. The molecule has 118 valence electrons. The van der Waals surface area contributed by atoms with Crippen molar-refractivity contribution in [2.75, 3.05) is 24.2 Å². The van der Waals surface area contributed by atoms with Gasteiger partial charge in [0.05, 0.1) is 0 Å². The smallest absolute Gasteiger partial charge is 0.179 e. The Morgan fingerprint density at radius 3 is 2.76 bits per heavy atom. The molecule has 0 aliphatic carbocycles. The Kier molecular flexibility index (Phi) is 5.22. The summed E-state index contributed by atoms with van der Waals surface area (Å²) >= 11 is 0. The van der Waals surface area contributed by atoms with E-state index in [1.165, 1.54) is 19.1 Å². The number of hydrogen-bond donors (Lipinski definition) is 1. The second-order valence-electron chi connectivity index (χ2n) is 5.99. The van der Waals surface area contributed by atoms with Gasteiger partial charge in [0.1, 0.15) is 10.7 Å². The molecule has 2 heterocycles. The molecule has 1 fully saturated rings. The van der Waals surface area contributed by atoms with Gasteiger partial charge in [-0.25, -0.2) is 13.4 Å². The summed E-state index contributed by atoms with van der Waals surface area (Å²) in [6.45, 7) is 5.97. The third-order valence-electron chi connectivity index (χ3n) is 3.88. The summed E-state index contributed by atoms with van der Waals surface area (Å²) in [5.74, 6) is 0.572. The first-order chi connectivity index (χ1) is 9.89. The Morgan fingerprint density at radius 1 is 1.43 bits per heavy atom. The summed E-state index contributed by atoms with van der Waals surface area (Å²) < 4.78 is 24.0. The van der Waals surface area contributed by atoms with Crippen LogP contribution in [0.2, 0.25) is 0 Å². The molecule has 5 nitrogen and oxygen atoms in total. The summed E-state index contributed by atoms with van der Waals surface area (Å²) in [7, 11) is -3.28. The molecule has 6 heteroatoms. The van der Waals surface area contributed by atoms with Crippen molar-refractivity contribution in [1.82, 2.24) is 10.3 Å². The zero-order chi connectivity index (χ0) is 15.5. The zero-order valence-corrected chi connectivity index (χ0v) is 13.9. The van der Waals surface area contributed by atoms with E-state index < -0.39 is 9.84 Å². The number of nitrogens with one attached hydrogen (secondary N) is 1. The monoisotopic (exact) mass is 311 g/mol. The minimum Gasteiger partial charge on any atom is -0.352 e. The number of anilines is 1. The van der Waals surface area contributed by atoms with Crippen LogP contribution in [0, 0.1) is 0 Å². The molecule has 1 aromatic rings. The van der Waals surface area contributed by atoms with Crippen LogP contribution in [-0.2, 0) is 9.84 Å². The van der Waals surface area contributed by atoms with Gasteiger partial charge in [-0.15, -0.1) is 0 Å². The van der Waals surface area contributed by atoms with Crippen molar-refractivity contribution < 1.29 is 8.42 Å². The normalized spacial score (nSPS) is 19.7. The molecule has 1 unspecified atom stereocenters.